The number of alkyl halides is 3. The summed E-state index contributed by atoms with van der Waals surface area (Å²) in [6.07, 6.45) is -3.71. The molecule has 0 spiro atoms. The Hall–Kier alpha value is -4.20. The van der Waals surface area contributed by atoms with Gasteiger partial charge in [-0.05, 0) is 47.9 Å². The van der Waals surface area contributed by atoms with Gasteiger partial charge in [0, 0.05) is 17.5 Å². The van der Waals surface area contributed by atoms with Crippen molar-refractivity contribution in [3.8, 4) is 11.1 Å². The third-order valence-corrected chi connectivity index (χ3v) is 5.43. The molecule has 8 heteroatoms. The predicted molar refractivity (Wildman–Crippen MR) is 129 cm³/mol. The molecule has 0 radical (unpaired) electrons. The van der Waals surface area contributed by atoms with Crippen molar-refractivity contribution in [1.29, 1.82) is 0 Å². The van der Waals surface area contributed by atoms with Crippen molar-refractivity contribution in [3.63, 3.8) is 0 Å². The van der Waals surface area contributed by atoms with Crippen molar-refractivity contribution in [3.05, 3.63) is 95.6 Å². The minimum absolute atomic E-state index is 0.101. The molecule has 2 N–H and O–H groups in total. The molecule has 0 atom stereocenters. The highest BCUT2D eigenvalue weighted by atomic mass is 19.4. The van der Waals surface area contributed by atoms with E-state index in [1.165, 1.54) is 12.1 Å². The smallest absolute Gasteiger partial charge is 0.352 e. The number of fused-ring (bicyclic) bond motifs is 1. The molecule has 0 bridgehead atoms. The largest absolute Gasteiger partial charge is 0.416 e. The standard InChI is InChI=1S/C27H22F3N3O2/c1-2-15-31-25(34)22-16-18-7-3-6-10-23(18)32-24(22)33-26(35)21-9-5-4-8-20(21)17-11-13-19(14-12-17)27(28,29)30/h3-14,16H,2,15H2,1H3,(H,31,34)(H,32,33,35). The van der Waals surface area contributed by atoms with Crippen LogP contribution in [0.1, 0.15) is 39.6 Å². The second kappa shape index (κ2) is 9.97. The fourth-order valence-electron chi connectivity index (χ4n) is 3.66. The minimum Gasteiger partial charge on any atom is -0.352 e. The van der Waals surface area contributed by atoms with Crippen LogP contribution in [-0.4, -0.2) is 23.3 Å². The van der Waals surface area contributed by atoms with E-state index in [9.17, 15) is 22.8 Å². The zero-order valence-electron chi connectivity index (χ0n) is 18.8. The number of nitrogens with zero attached hydrogens (tertiary/aromatic N) is 1. The molecule has 0 aliphatic carbocycles. The van der Waals surface area contributed by atoms with Gasteiger partial charge in [0.05, 0.1) is 16.6 Å². The normalized spacial score (nSPS) is 11.3. The van der Waals surface area contributed by atoms with E-state index >= 15 is 0 Å². The predicted octanol–water partition coefficient (Wildman–Crippen LogP) is 6.31. The Kier molecular flexibility index (Phi) is 6.82. The van der Waals surface area contributed by atoms with Crippen LogP contribution in [-0.2, 0) is 6.18 Å². The first-order valence-electron chi connectivity index (χ1n) is 11.0. The van der Waals surface area contributed by atoms with E-state index in [0.29, 0.717) is 23.2 Å². The Morgan fingerprint density at radius 3 is 2.26 bits per heavy atom. The number of benzene rings is 3. The zero-order valence-corrected chi connectivity index (χ0v) is 18.8. The Bertz CT molecular complexity index is 1380. The lowest BCUT2D eigenvalue weighted by atomic mass is 9.98. The van der Waals surface area contributed by atoms with Crippen LogP contribution in [0.15, 0.2) is 78.9 Å². The number of hydrogen-bond donors (Lipinski definition) is 2. The first-order valence-corrected chi connectivity index (χ1v) is 11.0. The summed E-state index contributed by atoms with van der Waals surface area (Å²) >= 11 is 0. The first-order chi connectivity index (χ1) is 16.8. The van der Waals surface area contributed by atoms with E-state index in [1.807, 2.05) is 19.1 Å². The molecule has 2 amide bonds. The van der Waals surface area contributed by atoms with E-state index in [-0.39, 0.29) is 22.9 Å². The third kappa shape index (κ3) is 5.32. The number of carbonyl (C=O) groups is 2. The summed E-state index contributed by atoms with van der Waals surface area (Å²) < 4.78 is 38.9. The van der Waals surface area contributed by atoms with Crippen molar-refractivity contribution in [2.24, 2.45) is 0 Å². The summed E-state index contributed by atoms with van der Waals surface area (Å²) in [6, 6.07) is 20.1. The van der Waals surface area contributed by atoms with Crippen LogP contribution in [0.4, 0.5) is 19.0 Å². The van der Waals surface area contributed by atoms with Crippen LogP contribution in [0.5, 0.6) is 0 Å². The number of carbonyl (C=O) groups excluding carboxylic acids is 2. The van der Waals surface area contributed by atoms with Gasteiger partial charge < -0.3 is 10.6 Å². The van der Waals surface area contributed by atoms with Crippen molar-refractivity contribution < 1.29 is 22.8 Å². The molecule has 0 aliphatic heterocycles. The van der Waals surface area contributed by atoms with Crippen LogP contribution < -0.4 is 10.6 Å². The molecule has 35 heavy (non-hydrogen) atoms. The monoisotopic (exact) mass is 477 g/mol. The molecular weight excluding hydrogens is 455 g/mol. The molecule has 0 unspecified atom stereocenters. The topological polar surface area (TPSA) is 71.1 Å². The number of amides is 2. The van der Waals surface area contributed by atoms with Crippen LogP contribution in [0.3, 0.4) is 0 Å². The Morgan fingerprint density at radius 2 is 1.54 bits per heavy atom. The summed E-state index contributed by atoms with van der Waals surface area (Å²) in [6.45, 7) is 2.40. The molecule has 4 rings (SSSR count). The maximum atomic E-state index is 13.3. The zero-order chi connectivity index (χ0) is 25.0. The number of rotatable bonds is 6. The number of nitrogens with one attached hydrogen (secondary N) is 2. The average Bonchev–Trinajstić information content (AvgIpc) is 2.86. The second-order valence-corrected chi connectivity index (χ2v) is 7.91. The lowest BCUT2D eigenvalue weighted by Gasteiger charge is -2.14. The molecule has 1 aromatic heterocycles. The van der Waals surface area contributed by atoms with Gasteiger partial charge in [-0.15, -0.1) is 0 Å². The quantitative estimate of drug-likeness (QED) is 0.342. The van der Waals surface area contributed by atoms with Crippen LogP contribution in [0.2, 0.25) is 0 Å². The van der Waals surface area contributed by atoms with Gasteiger partial charge in [0.1, 0.15) is 5.82 Å². The average molecular weight is 477 g/mol. The van der Waals surface area contributed by atoms with E-state index < -0.39 is 17.6 Å². The molecule has 0 aliphatic rings. The van der Waals surface area contributed by atoms with Crippen molar-refractivity contribution in [2.75, 3.05) is 11.9 Å². The fraction of sp³-hybridized carbons (Fsp3) is 0.148. The summed E-state index contributed by atoms with van der Waals surface area (Å²) in [5, 5.41) is 6.28. The van der Waals surface area contributed by atoms with E-state index in [4.69, 9.17) is 0 Å². The molecular formula is C27H22F3N3O2. The SMILES string of the molecule is CCCNC(=O)c1cc2ccccc2nc1NC(=O)c1ccccc1-c1ccc(C(F)(F)F)cc1. The fourth-order valence-corrected chi connectivity index (χ4v) is 3.66. The molecule has 0 fully saturated rings. The van der Waals surface area contributed by atoms with E-state index in [0.717, 1.165) is 23.9 Å². The van der Waals surface area contributed by atoms with Gasteiger partial charge in [0.25, 0.3) is 11.8 Å². The van der Waals surface area contributed by atoms with Crippen molar-refractivity contribution in [1.82, 2.24) is 10.3 Å². The van der Waals surface area contributed by atoms with Crippen LogP contribution in [0, 0.1) is 0 Å². The molecule has 4 aromatic rings. The first kappa shape index (κ1) is 23.9. The minimum atomic E-state index is -4.45. The van der Waals surface area contributed by atoms with Gasteiger partial charge in [0.2, 0.25) is 0 Å². The number of hydrogen-bond acceptors (Lipinski definition) is 3. The molecule has 178 valence electrons. The van der Waals surface area contributed by atoms with Crippen LogP contribution >= 0.6 is 0 Å². The van der Waals surface area contributed by atoms with Gasteiger partial charge in [0.15, 0.2) is 0 Å². The summed E-state index contributed by atoms with van der Waals surface area (Å²) in [7, 11) is 0. The molecule has 3 aromatic carbocycles. The van der Waals surface area contributed by atoms with Gasteiger partial charge >= 0.3 is 6.18 Å². The van der Waals surface area contributed by atoms with E-state index in [2.05, 4.69) is 15.6 Å². The van der Waals surface area contributed by atoms with Gasteiger partial charge in [-0.1, -0.05) is 55.5 Å². The summed E-state index contributed by atoms with van der Waals surface area (Å²) in [4.78, 5) is 30.6. The second-order valence-electron chi connectivity index (χ2n) is 7.91. The van der Waals surface area contributed by atoms with Crippen LogP contribution in [0.25, 0.3) is 22.0 Å². The Labute approximate surface area is 200 Å². The number of aromatic nitrogens is 1. The maximum Gasteiger partial charge on any atom is 0.416 e. The number of halogens is 3. The summed E-state index contributed by atoms with van der Waals surface area (Å²) in [5.41, 5.74) is 1.20. The van der Waals surface area contributed by atoms with Crippen molar-refractivity contribution in [2.45, 2.75) is 19.5 Å². The highest BCUT2D eigenvalue weighted by Crippen LogP contribution is 2.32. The van der Waals surface area contributed by atoms with Crippen molar-refractivity contribution >= 4 is 28.5 Å². The molecule has 1 heterocycles. The Morgan fingerprint density at radius 1 is 0.857 bits per heavy atom. The maximum absolute atomic E-state index is 13.3. The summed E-state index contributed by atoms with van der Waals surface area (Å²) in [5.74, 6) is -0.797. The molecule has 0 saturated carbocycles. The van der Waals surface area contributed by atoms with E-state index in [1.54, 1.807) is 42.5 Å². The molecule has 5 nitrogen and oxygen atoms in total. The number of para-hydroxylation sites is 1. The number of pyridine rings is 1. The highest BCUT2D eigenvalue weighted by molar-refractivity contribution is 6.12. The highest BCUT2D eigenvalue weighted by Gasteiger charge is 2.30. The van der Waals surface area contributed by atoms with Gasteiger partial charge in [-0.2, -0.15) is 13.2 Å². The Balaban J connectivity index is 1.70. The number of anilines is 1. The van der Waals surface area contributed by atoms with Gasteiger partial charge in [-0.25, -0.2) is 4.98 Å². The third-order valence-electron chi connectivity index (χ3n) is 5.43. The lowest BCUT2D eigenvalue weighted by molar-refractivity contribution is -0.137. The van der Waals surface area contributed by atoms with Gasteiger partial charge in [-0.3, -0.25) is 9.59 Å². The molecule has 0 saturated heterocycles. The lowest BCUT2D eigenvalue weighted by Crippen LogP contribution is -2.26.